The Bertz CT molecular complexity index is 616. The van der Waals surface area contributed by atoms with Crippen LogP contribution in [0.15, 0.2) is 12.4 Å². The second-order valence-corrected chi connectivity index (χ2v) is 4.93. The Morgan fingerprint density at radius 1 is 1.47 bits per heavy atom. The lowest BCUT2D eigenvalue weighted by molar-refractivity contribution is 0.0774. The van der Waals surface area contributed by atoms with Gasteiger partial charge in [0.15, 0.2) is 0 Å². The molecule has 2 aromatic heterocycles. The minimum absolute atomic E-state index is 0.156. The minimum atomic E-state index is -0.156. The highest BCUT2D eigenvalue weighted by atomic mass is 35.5. The highest BCUT2D eigenvalue weighted by Crippen LogP contribution is 2.21. The van der Waals surface area contributed by atoms with Crippen LogP contribution in [0.1, 0.15) is 21.7 Å². The maximum Gasteiger partial charge on any atom is 0.273 e. The average Bonchev–Trinajstić information content (AvgIpc) is 2.84. The largest absolute Gasteiger partial charge is 0.336 e. The van der Waals surface area contributed by atoms with Gasteiger partial charge in [0, 0.05) is 39.4 Å². The van der Waals surface area contributed by atoms with Gasteiger partial charge < -0.3 is 4.90 Å². The van der Waals surface area contributed by atoms with E-state index in [4.69, 9.17) is 11.6 Å². The molecule has 0 radical (unpaired) electrons. The molecule has 7 heteroatoms. The summed E-state index contributed by atoms with van der Waals surface area (Å²) in [5.41, 5.74) is 2.03. The maximum atomic E-state index is 12.4. The van der Waals surface area contributed by atoms with E-state index in [1.807, 2.05) is 13.2 Å². The van der Waals surface area contributed by atoms with E-state index in [1.54, 1.807) is 36.8 Å². The van der Waals surface area contributed by atoms with Crippen molar-refractivity contribution >= 4 is 17.5 Å². The van der Waals surface area contributed by atoms with E-state index < -0.39 is 0 Å². The van der Waals surface area contributed by atoms with Crippen molar-refractivity contribution in [1.29, 1.82) is 0 Å². The van der Waals surface area contributed by atoms with Gasteiger partial charge in [-0.15, -0.1) is 0 Å². The fourth-order valence-corrected chi connectivity index (χ4v) is 2.19. The van der Waals surface area contributed by atoms with E-state index in [-0.39, 0.29) is 5.91 Å². The van der Waals surface area contributed by atoms with Crippen LogP contribution in [0.3, 0.4) is 0 Å². The molecule has 102 valence electrons. The van der Waals surface area contributed by atoms with Crippen LogP contribution in [-0.4, -0.2) is 37.4 Å². The van der Waals surface area contributed by atoms with E-state index in [1.165, 1.54) is 4.68 Å². The van der Waals surface area contributed by atoms with Gasteiger partial charge in [0.05, 0.1) is 16.9 Å². The molecule has 0 aromatic carbocycles. The van der Waals surface area contributed by atoms with Crippen LogP contribution in [0, 0.1) is 6.92 Å². The first-order chi connectivity index (χ1) is 8.90. The molecule has 0 spiro atoms. The van der Waals surface area contributed by atoms with Gasteiger partial charge in [0.25, 0.3) is 5.91 Å². The van der Waals surface area contributed by atoms with Crippen LogP contribution >= 0.6 is 11.6 Å². The normalized spacial score (nSPS) is 10.8. The summed E-state index contributed by atoms with van der Waals surface area (Å²) in [6.07, 6.45) is 3.61. The first kappa shape index (κ1) is 13.6. The summed E-state index contributed by atoms with van der Waals surface area (Å²) in [5, 5.41) is 8.63. The highest BCUT2D eigenvalue weighted by Gasteiger charge is 2.22. The van der Waals surface area contributed by atoms with Crippen molar-refractivity contribution in [2.75, 3.05) is 7.05 Å². The molecule has 0 unspecified atom stereocenters. The van der Waals surface area contributed by atoms with Gasteiger partial charge in [0.2, 0.25) is 0 Å². The summed E-state index contributed by atoms with van der Waals surface area (Å²) < 4.78 is 3.22. The van der Waals surface area contributed by atoms with Crippen molar-refractivity contribution in [3.05, 3.63) is 34.4 Å². The number of rotatable bonds is 3. The molecule has 19 heavy (non-hydrogen) atoms. The number of halogens is 1. The molecule has 0 N–H and O–H groups in total. The molecule has 6 nitrogen and oxygen atoms in total. The third kappa shape index (κ3) is 2.63. The molecule has 2 rings (SSSR count). The van der Waals surface area contributed by atoms with Gasteiger partial charge in [0.1, 0.15) is 5.69 Å². The van der Waals surface area contributed by atoms with Crippen molar-refractivity contribution in [1.82, 2.24) is 24.5 Å². The van der Waals surface area contributed by atoms with Gasteiger partial charge in [-0.25, -0.2) is 0 Å². The first-order valence-corrected chi connectivity index (χ1v) is 6.20. The van der Waals surface area contributed by atoms with Gasteiger partial charge >= 0.3 is 0 Å². The molecule has 0 saturated heterocycles. The van der Waals surface area contributed by atoms with Crippen molar-refractivity contribution in [3.8, 4) is 0 Å². The molecule has 0 saturated carbocycles. The second kappa shape index (κ2) is 5.05. The molecule has 1 amide bonds. The zero-order chi connectivity index (χ0) is 14.2. The lowest BCUT2D eigenvalue weighted by Gasteiger charge is -2.16. The van der Waals surface area contributed by atoms with Crippen LogP contribution in [-0.2, 0) is 20.6 Å². The van der Waals surface area contributed by atoms with Crippen molar-refractivity contribution in [2.45, 2.75) is 13.5 Å². The molecule has 0 atom stereocenters. The topological polar surface area (TPSA) is 56.0 Å². The summed E-state index contributed by atoms with van der Waals surface area (Å²) >= 11 is 6.11. The Labute approximate surface area is 116 Å². The smallest absolute Gasteiger partial charge is 0.273 e. The van der Waals surface area contributed by atoms with Crippen LogP contribution in [0.5, 0.6) is 0 Å². The average molecular weight is 282 g/mol. The van der Waals surface area contributed by atoms with Gasteiger partial charge in [-0.05, 0) is 6.92 Å². The summed E-state index contributed by atoms with van der Waals surface area (Å²) in [5.74, 6) is -0.156. The van der Waals surface area contributed by atoms with E-state index >= 15 is 0 Å². The van der Waals surface area contributed by atoms with Crippen LogP contribution in [0.25, 0.3) is 0 Å². The highest BCUT2D eigenvalue weighted by molar-refractivity contribution is 6.34. The van der Waals surface area contributed by atoms with Crippen molar-refractivity contribution in [3.63, 3.8) is 0 Å². The molecule has 0 aliphatic rings. The summed E-state index contributed by atoms with van der Waals surface area (Å²) in [6.45, 7) is 2.26. The molecule has 2 heterocycles. The van der Waals surface area contributed by atoms with Crippen molar-refractivity contribution in [2.24, 2.45) is 14.1 Å². The number of nitrogens with zero attached hydrogens (tertiary/aromatic N) is 5. The molecule has 0 aliphatic carbocycles. The SMILES string of the molecule is Cc1nn(C)c(C(=O)N(C)Cc2cnn(C)c2)c1Cl. The second-order valence-electron chi connectivity index (χ2n) is 4.56. The molecular weight excluding hydrogens is 266 g/mol. The Morgan fingerprint density at radius 3 is 2.63 bits per heavy atom. The molecular formula is C12H16ClN5O. The number of aryl methyl sites for hydroxylation is 3. The molecule has 2 aromatic rings. The Hall–Kier alpha value is -1.82. The molecule has 0 fully saturated rings. The predicted octanol–water partition coefficient (Wildman–Crippen LogP) is 1.39. The number of hydrogen-bond acceptors (Lipinski definition) is 3. The van der Waals surface area contributed by atoms with E-state index in [0.29, 0.717) is 23.0 Å². The maximum absolute atomic E-state index is 12.4. The zero-order valence-corrected chi connectivity index (χ0v) is 12.1. The molecule has 0 bridgehead atoms. The summed E-state index contributed by atoms with van der Waals surface area (Å²) in [6, 6.07) is 0. The van der Waals surface area contributed by atoms with Crippen LogP contribution < -0.4 is 0 Å². The summed E-state index contributed by atoms with van der Waals surface area (Å²) in [7, 11) is 5.28. The fourth-order valence-electron chi connectivity index (χ4n) is 1.94. The summed E-state index contributed by atoms with van der Waals surface area (Å²) in [4.78, 5) is 14.0. The minimum Gasteiger partial charge on any atom is -0.336 e. The number of aromatic nitrogens is 4. The van der Waals surface area contributed by atoms with Gasteiger partial charge in [-0.3, -0.25) is 14.2 Å². The van der Waals surface area contributed by atoms with E-state index in [0.717, 1.165) is 5.56 Å². The van der Waals surface area contributed by atoms with E-state index in [9.17, 15) is 4.79 Å². The van der Waals surface area contributed by atoms with Crippen LogP contribution in [0.2, 0.25) is 5.02 Å². The third-order valence-corrected chi connectivity index (χ3v) is 3.33. The van der Waals surface area contributed by atoms with Crippen LogP contribution in [0.4, 0.5) is 0 Å². The monoisotopic (exact) mass is 281 g/mol. The zero-order valence-electron chi connectivity index (χ0n) is 11.4. The van der Waals surface area contributed by atoms with Gasteiger partial charge in [-0.1, -0.05) is 11.6 Å². The van der Waals surface area contributed by atoms with E-state index in [2.05, 4.69) is 10.2 Å². The van der Waals surface area contributed by atoms with Gasteiger partial charge in [-0.2, -0.15) is 10.2 Å². The third-order valence-electron chi connectivity index (χ3n) is 2.88. The quantitative estimate of drug-likeness (QED) is 0.854. The molecule has 0 aliphatic heterocycles. The fraction of sp³-hybridized carbons (Fsp3) is 0.417. The van der Waals surface area contributed by atoms with Crippen molar-refractivity contribution < 1.29 is 4.79 Å². The first-order valence-electron chi connectivity index (χ1n) is 5.82. The number of carbonyl (C=O) groups excluding carboxylic acids is 1. The lowest BCUT2D eigenvalue weighted by atomic mass is 10.3. The standard InChI is InChI=1S/C12H16ClN5O/c1-8-10(13)11(18(4)15-8)12(19)16(2)6-9-5-14-17(3)7-9/h5,7H,6H2,1-4H3. The number of hydrogen-bond donors (Lipinski definition) is 0. The predicted molar refractivity (Wildman–Crippen MR) is 72.0 cm³/mol. The Kier molecular flexibility index (Phi) is 3.61. The number of amides is 1. The number of carbonyl (C=O) groups is 1. The lowest BCUT2D eigenvalue weighted by Crippen LogP contribution is -2.28. The Balaban J connectivity index is 2.19. The Morgan fingerprint density at radius 2 is 2.16 bits per heavy atom.